The molecule has 4 aliphatic heterocycles. The van der Waals surface area contributed by atoms with Crippen molar-refractivity contribution in [1.29, 1.82) is 0 Å². The summed E-state index contributed by atoms with van der Waals surface area (Å²) in [4.78, 5) is 0. The van der Waals surface area contributed by atoms with Gasteiger partial charge in [-0.3, -0.25) is 0 Å². The van der Waals surface area contributed by atoms with Crippen molar-refractivity contribution in [3.63, 3.8) is 0 Å². The molecule has 0 saturated carbocycles. The van der Waals surface area contributed by atoms with Crippen LogP contribution in [0, 0.1) is 0 Å². The monoisotopic (exact) mass is 222 g/mol. The van der Waals surface area contributed by atoms with E-state index in [9.17, 15) is 0 Å². The van der Waals surface area contributed by atoms with E-state index in [2.05, 4.69) is 24.3 Å². The molecule has 0 nitrogen and oxygen atoms in total. The molecule has 2 fully saturated rings. The van der Waals surface area contributed by atoms with E-state index in [1.807, 2.05) is 0 Å². The summed E-state index contributed by atoms with van der Waals surface area (Å²) >= 11 is 0. The molecular formula is C12H16P2. The van der Waals surface area contributed by atoms with Crippen LogP contribution < -0.4 is 0 Å². The Labute approximate surface area is 88.2 Å². The lowest BCUT2D eigenvalue weighted by atomic mass is 10.1. The van der Waals surface area contributed by atoms with Crippen molar-refractivity contribution >= 4 is 15.2 Å². The normalized spacial score (nSPS) is 57.7. The van der Waals surface area contributed by atoms with Gasteiger partial charge in [-0.1, -0.05) is 39.5 Å². The van der Waals surface area contributed by atoms with Crippen LogP contribution >= 0.6 is 15.2 Å². The lowest BCUT2D eigenvalue weighted by Gasteiger charge is -2.56. The molecule has 2 aliphatic carbocycles. The quantitative estimate of drug-likeness (QED) is 0.428. The van der Waals surface area contributed by atoms with Crippen molar-refractivity contribution in [3.8, 4) is 0 Å². The smallest absolute Gasteiger partial charge is 0.00153 e. The van der Waals surface area contributed by atoms with Gasteiger partial charge in [-0.05, 0) is 25.7 Å². The predicted molar refractivity (Wildman–Crippen MR) is 65.7 cm³/mol. The number of allylic oxidation sites excluding steroid dienone is 4. The Morgan fingerprint density at radius 3 is 1.07 bits per heavy atom. The van der Waals surface area contributed by atoms with Crippen LogP contribution in [0.25, 0.3) is 0 Å². The van der Waals surface area contributed by atoms with E-state index in [4.69, 9.17) is 0 Å². The molecule has 2 heteroatoms. The van der Waals surface area contributed by atoms with Gasteiger partial charge in [0.1, 0.15) is 0 Å². The first-order chi connectivity index (χ1) is 6.93. The number of hydrogen-bond acceptors (Lipinski definition) is 0. The maximum atomic E-state index is 2.59. The van der Waals surface area contributed by atoms with Gasteiger partial charge in [-0.15, -0.1) is 0 Å². The van der Waals surface area contributed by atoms with Gasteiger partial charge < -0.3 is 0 Å². The summed E-state index contributed by atoms with van der Waals surface area (Å²) in [6.07, 6.45) is 16.5. The molecule has 4 heterocycles. The third kappa shape index (κ3) is 0.975. The number of hydrogen-bond donors (Lipinski definition) is 0. The summed E-state index contributed by atoms with van der Waals surface area (Å²) in [5.41, 5.74) is 4.16. The van der Waals surface area contributed by atoms with Crippen molar-refractivity contribution in [3.05, 3.63) is 24.3 Å². The number of fused-ring (bicyclic) bond motifs is 2. The predicted octanol–water partition coefficient (Wildman–Crippen LogP) is 4.07. The first kappa shape index (κ1) is 8.49. The summed E-state index contributed by atoms with van der Waals surface area (Å²) in [5, 5.41) is 0. The van der Waals surface area contributed by atoms with E-state index in [-0.39, 0.29) is 0 Å². The van der Waals surface area contributed by atoms with Gasteiger partial charge in [-0.25, -0.2) is 0 Å². The van der Waals surface area contributed by atoms with Crippen LogP contribution in [0.15, 0.2) is 24.3 Å². The second-order valence-corrected chi connectivity index (χ2v) is 11.9. The van der Waals surface area contributed by atoms with Gasteiger partial charge in [0, 0.05) is 22.6 Å². The van der Waals surface area contributed by atoms with Crippen molar-refractivity contribution in [1.82, 2.24) is 0 Å². The highest BCUT2D eigenvalue weighted by atomic mass is 32.1. The standard InChI is InChI=1S/C12H16P2/c1-2-10-4-3-9(1)13-11-5-7-12(8-6-11)14(10)13/h1-2,5,7,9-12H,3-4,6,8H2/t9-,10+,11+,12-,13?,14?. The van der Waals surface area contributed by atoms with Crippen molar-refractivity contribution in [2.45, 2.75) is 48.3 Å². The topological polar surface area (TPSA) is 0 Å². The first-order valence-corrected chi connectivity index (χ1v) is 9.53. The summed E-state index contributed by atoms with van der Waals surface area (Å²) in [7, 11) is 0.835. The van der Waals surface area contributed by atoms with E-state index in [0.29, 0.717) is 15.2 Å². The molecule has 0 aromatic heterocycles. The lowest BCUT2D eigenvalue weighted by Crippen LogP contribution is -2.34. The zero-order chi connectivity index (χ0) is 9.12. The van der Waals surface area contributed by atoms with E-state index >= 15 is 0 Å². The molecule has 2 unspecified atom stereocenters. The summed E-state index contributed by atoms with van der Waals surface area (Å²) in [5.74, 6) is 0. The van der Waals surface area contributed by atoms with Crippen LogP contribution in [0.1, 0.15) is 25.7 Å². The fraction of sp³-hybridized carbons (Fsp3) is 0.667. The highest BCUT2D eigenvalue weighted by molar-refractivity contribution is 8.31. The molecule has 6 atom stereocenters. The number of rotatable bonds is 0. The minimum absolute atomic E-state index is 0.417. The van der Waals surface area contributed by atoms with Crippen molar-refractivity contribution in [2.24, 2.45) is 0 Å². The van der Waals surface area contributed by atoms with Gasteiger partial charge >= 0.3 is 0 Å². The summed E-state index contributed by atoms with van der Waals surface area (Å²) < 4.78 is 0. The third-order valence-corrected chi connectivity index (χ3v) is 14.4. The van der Waals surface area contributed by atoms with Gasteiger partial charge in [0.2, 0.25) is 0 Å². The van der Waals surface area contributed by atoms with E-state index in [1.54, 1.807) is 0 Å². The summed E-state index contributed by atoms with van der Waals surface area (Å²) in [6.45, 7) is 0. The fourth-order valence-electron chi connectivity index (χ4n) is 3.64. The second-order valence-electron chi connectivity index (χ2n) is 4.95. The minimum Gasteiger partial charge on any atom is -0.0801 e. The van der Waals surface area contributed by atoms with Crippen LogP contribution in [0.5, 0.6) is 0 Å². The lowest BCUT2D eigenvalue weighted by molar-refractivity contribution is 0.675. The highest BCUT2D eigenvalue weighted by Crippen LogP contribution is 2.87. The largest absolute Gasteiger partial charge is 0.0801 e. The highest BCUT2D eigenvalue weighted by Gasteiger charge is 2.49. The molecule has 0 amide bonds. The fourth-order valence-corrected chi connectivity index (χ4v) is 15.2. The van der Waals surface area contributed by atoms with Crippen LogP contribution in [0.2, 0.25) is 0 Å². The Morgan fingerprint density at radius 1 is 0.571 bits per heavy atom. The molecular weight excluding hydrogens is 206 g/mol. The van der Waals surface area contributed by atoms with Crippen molar-refractivity contribution in [2.75, 3.05) is 0 Å². The van der Waals surface area contributed by atoms with Crippen LogP contribution in [0.3, 0.4) is 0 Å². The van der Waals surface area contributed by atoms with Gasteiger partial charge in [0.05, 0.1) is 0 Å². The average Bonchev–Trinajstić information content (AvgIpc) is 2.32. The zero-order valence-electron chi connectivity index (χ0n) is 8.34. The second kappa shape index (κ2) is 2.93. The molecule has 4 bridgehead atoms. The first-order valence-electron chi connectivity index (χ1n) is 5.87. The molecule has 14 heavy (non-hydrogen) atoms. The molecule has 2 saturated heterocycles. The van der Waals surface area contributed by atoms with Gasteiger partial charge in [0.25, 0.3) is 0 Å². The minimum atomic E-state index is 0.417. The maximum Gasteiger partial charge on any atom is 0.00153 e. The Hall–Kier alpha value is 0.340. The van der Waals surface area contributed by atoms with Gasteiger partial charge in [0.15, 0.2) is 0 Å². The summed E-state index contributed by atoms with van der Waals surface area (Å²) in [6, 6.07) is 0. The third-order valence-electron chi connectivity index (χ3n) is 4.25. The van der Waals surface area contributed by atoms with E-state index < -0.39 is 0 Å². The zero-order valence-corrected chi connectivity index (χ0v) is 10.1. The molecule has 0 aromatic rings. The van der Waals surface area contributed by atoms with Gasteiger partial charge in [-0.2, -0.15) is 0 Å². The van der Waals surface area contributed by atoms with E-state index in [1.165, 1.54) is 25.7 Å². The molecule has 0 aromatic carbocycles. The average molecular weight is 222 g/mol. The Kier molecular flexibility index (Phi) is 1.77. The Bertz CT molecular complexity index is 260. The molecule has 74 valence electrons. The molecule has 0 radical (unpaired) electrons. The van der Waals surface area contributed by atoms with Crippen LogP contribution in [-0.2, 0) is 0 Å². The van der Waals surface area contributed by atoms with Crippen LogP contribution in [-0.4, -0.2) is 22.6 Å². The molecule has 6 rings (SSSR count). The van der Waals surface area contributed by atoms with E-state index in [0.717, 1.165) is 22.6 Å². The van der Waals surface area contributed by atoms with Crippen molar-refractivity contribution < 1.29 is 0 Å². The SMILES string of the molecule is C1=C[C@H]2CC[C@@H]1P1[C@H]3C=C[C@H](CC3)P21. The molecule has 0 spiro atoms. The maximum absolute atomic E-state index is 2.59. The Balaban J connectivity index is 1.82. The molecule has 0 N–H and O–H groups in total. The Morgan fingerprint density at radius 2 is 0.857 bits per heavy atom. The molecule has 6 aliphatic rings. The van der Waals surface area contributed by atoms with Crippen LogP contribution in [0.4, 0.5) is 0 Å².